The smallest absolute Gasteiger partial charge is 0.336 e. The van der Waals surface area contributed by atoms with E-state index >= 15 is 0 Å². The van der Waals surface area contributed by atoms with Gasteiger partial charge in [0.05, 0.1) is 12.1 Å². The minimum Gasteiger partial charge on any atom is -0.478 e. The molecule has 5 heteroatoms. The van der Waals surface area contributed by atoms with E-state index in [4.69, 9.17) is 6.57 Å². The van der Waals surface area contributed by atoms with Crippen LogP contribution in [-0.2, 0) is 6.54 Å². The van der Waals surface area contributed by atoms with E-state index in [9.17, 15) is 9.90 Å². The maximum atomic E-state index is 11.3. The predicted molar refractivity (Wildman–Crippen MR) is 88.4 cm³/mol. The Bertz CT molecular complexity index is 922. The molecule has 0 aliphatic heterocycles. The molecule has 0 atom stereocenters. The van der Waals surface area contributed by atoms with Gasteiger partial charge in [-0.2, -0.15) is 0 Å². The number of rotatable bonds is 3. The van der Waals surface area contributed by atoms with Gasteiger partial charge in [-0.3, -0.25) is 0 Å². The van der Waals surface area contributed by atoms with E-state index in [0.717, 1.165) is 20.9 Å². The minimum atomic E-state index is -0.929. The second-order valence-corrected chi connectivity index (χ2v) is 5.73. The van der Waals surface area contributed by atoms with E-state index in [1.807, 2.05) is 35.0 Å². The fourth-order valence-electron chi connectivity index (χ4n) is 2.49. The third kappa shape index (κ3) is 2.49. The molecule has 1 heterocycles. The van der Waals surface area contributed by atoms with Crippen LogP contribution < -0.4 is 0 Å². The Kier molecular flexibility index (Phi) is 3.70. The number of fused-ring (bicyclic) bond motifs is 1. The summed E-state index contributed by atoms with van der Waals surface area (Å²) in [6.07, 6.45) is 1.91. The number of aromatic carboxylic acids is 1. The second-order valence-electron chi connectivity index (χ2n) is 4.88. The highest BCUT2D eigenvalue weighted by atomic mass is 79.9. The van der Waals surface area contributed by atoms with E-state index in [1.165, 1.54) is 0 Å². The van der Waals surface area contributed by atoms with E-state index < -0.39 is 5.97 Å². The standard InChI is InChI=1S/C17H11BrN2O2/c1-19-12-6-7-16-14(8-12)15(18)10-20(16)9-11-4-2-3-5-13(11)17(21)22/h2-8,10H,9H2,(H,21,22). The monoisotopic (exact) mass is 354 g/mol. The van der Waals surface area contributed by atoms with Gasteiger partial charge in [-0.25, -0.2) is 9.64 Å². The summed E-state index contributed by atoms with van der Waals surface area (Å²) >= 11 is 3.50. The molecule has 0 spiro atoms. The van der Waals surface area contributed by atoms with Crippen molar-refractivity contribution in [2.75, 3.05) is 0 Å². The maximum Gasteiger partial charge on any atom is 0.336 e. The Morgan fingerprint density at radius 3 is 2.77 bits per heavy atom. The molecule has 22 heavy (non-hydrogen) atoms. The zero-order chi connectivity index (χ0) is 15.7. The molecule has 0 bridgehead atoms. The summed E-state index contributed by atoms with van der Waals surface area (Å²) in [7, 11) is 0. The van der Waals surface area contributed by atoms with Crippen molar-refractivity contribution in [2.45, 2.75) is 6.54 Å². The summed E-state index contributed by atoms with van der Waals surface area (Å²) in [6, 6.07) is 12.5. The molecule has 3 rings (SSSR count). The van der Waals surface area contributed by atoms with Gasteiger partial charge < -0.3 is 9.67 Å². The van der Waals surface area contributed by atoms with Crippen molar-refractivity contribution in [2.24, 2.45) is 0 Å². The number of carboxylic acids is 1. The Morgan fingerprint density at radius 1 is 1.27 bits per heavy atom. The maximum absolute atomic E-state index is 11.3. The van der Waals surface area contributed by atoms with E-state index in [2.05, 4.69) is 20.8 Å². The number of carbonyl (C=O) groups is 1. The zero-order valence-corrected chi connectivity index (χ0v) is 13.0. The highest BCUT2D eigenvalue weighted by Crippen LogP contribution is 2.30. The molecule has 0 saturated carbocycles. The number of benzene rings is 2. The van der Waals surface area contributed by atoms with Crippen molar-refractivity contribution in [3.05, 3.63) is 75.7 Å². The lowest BCUT2D eigenvalue weighted by molar-refractivity contribution is 0.0695. The average molecular weight is 355 g/mol. The molecule has 4 nitrogen and oxygen atoms in total. The molecule has 0 radical (unpaired) electrons. The van der Waals surface area contributed by atoms with Crippen molar-refractivity contribution in [1.82, 2.24) is 4.57 Å². The van der Waals surface area contributed by atoms with E-state index in [1.54, 1.807) is 18.2 Å². The van der Waals surface area contributed by atoms with Gasteiger partial charge in [0.15, 0.2) is 5.69 Å². The van der Waals surface area contributed by atoms with Gasteiger partial charge in [-0.15, -0.1) is 0 Å². The molecule has 1 N–H and O–H groups in total. The van der Waals surface area contributed by atoms with Crippen molar-refractivity contribution < 1.29 is 9.90 Å². The molecule has 0 saturated heterocycles. The van der Waals surface area contributed by atoms with Gasteiger partial charge in [0.2, 0.25) is 0 Å². The first-order valence-corrected chi connectivity index (χ1v) is 7.36. The lowest BCUT2D eigenvalue weighted by atomic mass is 10.1. The molecule has 0 unspecified atom stereocenters. The number of hydrogen-bond acceptors (Lipinski definition) is 1. The van der Waals surface area contributed by atoms with Crippen LogP contribution in [0.4, 0.5) is 5.69 Å². The number of hydrogen-bond donors (Lipinski definition) is 1. The molecule has 0 aliphatic carbocycles. The molecular weight excluding hydrogens is 344 g/mol. The highest BCUT2D eigenvalue weighted by Gasteiger charge is 2.12. The SMILES string of the molecule is [C-]#[N+]c1ccc2c(c1)c(Br)cn2Cc1ccccc1C(=O)O. The van der Waals surface area contributed by atoms with Gasteiger partial charge in [0, 0.05) is 28.1 Å². The lowest BCUT2D eigenvalue weighted by Crippen LogP contribution is -2.06. The third-order valence-electron chi connectivity index (χ3n) is 3.53. The normalized spacial score (nSPS) is 10.5. The molecule has 0 fully saturated rings. The van der Waals surface area contributed by atoms with E-state index in [-0.39, 0.29) is 0 Å². The van der Waals surface area contributed by atoms with Gasteiger partial charge >= 0.3 is 5.97 Å². The van der Waals surface area contributed by atoms with Crippen molar-refractivity contribution in [3.63, 3.8) is 0 Å². The first-order valence-electron chi connectivity index (χ1n) is 6.57. The van der Waals surface area contributed by atoms with Crippen LogP contribution in [0.1, 0.15) is 15.9 Å². The van der Waals surface area contributed by atoms with Crippen LogP contribution in [0.25, 0.3) is 15.7 Å². The Morgan fingerprint density at radius 2 is 2.05 bits per heavy atom. The Hall–Kier alpha value is -2.58. The Balaban J connectivity index is 2.09. The summed E-state index contributed by atoms with van der Waals surface area (Å²) in [5, 5.41) is 10.2. The summed E-state index contributed by atoms with van der Waals surface area (Å²) in [5.41, 5.74) is 2.59. The average Bonchev–Trinajstić information content (AvgIpc) is 2.83. The number of nitrogens with zero attached hydrogens (tertiary/aromatic N) is 2. The molecule has 0 aliphatic rings. The molecule has 0 amide bonds. The van der Waals surface area contributed by atoms with Crippen LogP contribution in [0.15, 0.2) is 53.1 Å². The largest absolute Gasteiger partial charge is 0.478 e. The first kappa shape index (κ1) is 14.4. The van der Waals surface area contributed by atoms with Crippen LogP contribution in [0.2, 0.25) is 0 Å². The van der Waals surface area contributed by atoms with Gasteiger partial charge in [0.25, 0.3) is 0 Å². The van der Waals surface area contributed by atoms with Crippen LogP contribution in [0.3, 0.4) is 0 Å². The number of aromatic nitrogens is 1. The van der Waals surface area contributed by atoms with Crippen molar-refractivity contribution in [1.29, 1.82) is 0 Å². The third-order valence-corrected chi connectivity index (χ3v) is 4.17. The topological polar surface area (TPSA) is 46.6 Å². The minimum absolute atomic E-state index is 0.304. The Labute approximate surface area is 135 Å². The summed E-state index contributed by atoms with van der Waals surface area (Å²) in [6.45, 7) is 7.55. The molecule has 108 valence electrons. The molecule has 1 aromatic heterocycles. The number of halogens is 1. The van der Waals surface area contributed by atoms with Crippen molar-refractivity contribution in [3.8, 4) is 0 Å². The fourth-order valence-corrected chi connectivity index (χ4v) is 3.06. The van der Waals surface area contributed by atoms with Gasteiger partial charge in [-0.1, -0.05) is 24.3 Å². The lowest BCUT2D eigenvalue weighted by Gasteiger charge is -2.08. The zero-order valence-electron chi connectivity index (χ0n) is 11.5. The summed E-state index contributed by atoms with van der Waals surface area (Å²) in [5.74, 6) is -0.929. The quantitative estimate of drug-likeness (QED) is 0.692. The summed E-state index contributed by atoms with van der Waals surface area (Å²) in [4.78, 5) is 14.7. The van der Waals surface area contributed by atoms with Gasteiger partial charge in [-0.05, 0) is 39.7 Å². The fraction of sp³-hybridized carbons (Fsp3) is 0.0588. The molecule has 3 aromatic rings. The molecular formula is C17H11BrN2O2. The highest BCUT2D eigenvalue weighted by molar-refractivity contribution is 9.10. The van der Waals surface area contributed by atoms with Crippen molar-refractivity contribution >= 4 is 38.5 Å². The van der Waals surface area contributed by atoms with Gasteiger partial charge in [0.1, 0.15) is 0 Å². The van der Waals surface area contributed by atoms with Crippen LogP contribution in [0, 0.1) is 6.57 Å². The summed E-state index contributed by atoms with van der Waals surface area (Å²) < 4.78 is 2.87. The predicted octanol–water partition coefficient (Wildman–Crippen LogP) is 4.70. The van der Waals surface area contributed by atoms with Crippen LogP contribution in [0.5, 0.6) is 0 Å². The molecule has 2 aromatic carbocycles. The van der Waals surface area contributed by atoms with Crippen LogP contribution in [-0.4, -0.2) is 15.6 Å². The first-order chi connectivity index (χ1) is 10.6. The second kappa shape index (κ2) is 5.66. The van der Waals surface area contributed by atoms with E-state index in [0.29, 0.717) is 17.8 Å². The van der Waals surface area contributed by atoms with Crippen LogP contribution >= 0.6 is 15.9 Å². The number of carboxylic acid groups (broad SMARTS) is 1.